The molecule has 1 N–H and O–H groups in total. The molecule has 0 spiro atoms. The maximum Gasteiger partial charge on any atom is 0.433 e. The molecule has 168 valence electrons. The van der Waals surface area contributed by atoms with Crippen LogP contribution in [-0.4, -0.2) is 46.9 Å². The second kappa shape index (κ2) is 7.58. The molecule has 2 aliphatic rings. The second-order valence-electron chi connectivity index (χ2n) is 8.64. The lowest BCUT2D eigenvalue weighted by Gasteiger charge is -2.44. The average Bonchev–Trinajstić information content (AvgIpc) is 2.95. The van der Waals surface area contributed by atoms with Gasteiger partial charge in [0, 0.05) is 44.7 Å². The molecule has 2 bridgehead atoms. The number of alkyl halides is 3. The molecular weight excluding hydrogens is 419 g/mol. The number of piperidine rings is 1. The Morgan fingerprint density at radius 2 is 1.74 bits per heavy atom. The van der Waals surface area contributed by atoms with Gasteiger partial charge in [0.15, 0.2) is 5.69 Å². The lowest BCUT2D eigenvalue weighted by Crippen LogP contribution is -2.53. The van der Waals surface area contributed by atoms with Crippen LogP contribution in [0.5, 0.6) is 0 Å². The summed E-state index contributed by atoms with van der Waals surface area (Å²) in [4.78, 5) is 11.4. The molecule has 0 aliphatic carbocycles. The number of aromatic nitrogens is 2. The summed E-state index contributed by atoms with van der Waals surface area (Å²) in [5, 5.41) is 11.2. The summed E-state index contributed by atoms with van der Waals surface area (Å²) in [6.45, 7) is 0. The predicted molar refractivity (Wildman–Crippen MR) is 105 cm³/mol. The second-order valence-corrected chi connectivity index (χ2v) is 8.64. The van der Waals surface area contributed by atoms with Crippen LogP contribution in [0.2, 0.25) is 0 Å². The van der Waals surface area contributed by atoms with Crippen LogP contribution < -0.4 is 9.80 Å². The first-order valence-corrected chi connectivity index (χ1v) is 10.0. The largest absolute Gasteiger partial charge is 0.433 e. The number of hydrogen-bond donors (Lipinski definition) is 1. The highest BCUT2D eigenvalue weighted by atomic mass is 19.4. The third-order valence-corrected chi connectivity index (χ3v) is 6.07. The molecule has 4 rings (SSSR count). The molecule has 5 nitrogen and oxygen atoms in total. The number of anilines is 2. The first-order chi connectivity index (χ1) is 14.4. The Morgan fingerprint density at radius 1 is 1.10 bits per heavy atom. The van der Waals surface area contributed by atoms with E-state index < -0.39 is 29.1 Å². The van der Waals surface area contributed by atoms with Crippen LogP contribution in [-0.2, 0) is 12.6 Å². The van der Waals surface area contributed by atoms with Crippen molar-refractivity contribution in [2.24, 2.45) is 0 Å². The first kappa shape index (κ1) is 21.7. The molecule has 1 aromatic carbocycles. The fourth-order valence-corrected chi connectivity index (χ4v) is 4.72. The van der Waals surface area contributed by atoms with E-state index in [0.29, 0.717) is 12.8 Å². The number of aliphatic hydroxyl groups is 1. The van der Waals surface area contributed by atoms with E-state index in [2.05, 4.69) is 9.97 Å². The van der Waals surface area contributed by atoms with Gasteiger partial charge < -0.3 is 14.9 Å². The monoisotopic (exact) mass is 442 g/mol. The van der Waals surface area contributed by atoms with Crippen molar-refractivity contribution >= 4 is 11.8 Å². The molecule has 2 atom stereocenters. The summed E-state index contributed by atoms with van der Waals surface area (Å²) < 4.78 is 67.5. The molecule has 0 amide bonds. The molecule has 2 saturated heterocycles. The Hall–Kier alpha value is -2.49. The zero-order valence-electron chi connectivity index (χ0n) is 17.1. The van der Waals surface area contributed by atoms with Crippen molar-refractivity contribution in [1.82, 2.24) is 9.97 Å². The Morgan fingerprint density at radius 3 is 2.29 bits per heavy atom. The van der Waals surface area contributed by atoms with Crippen LogP contribution in [0.15, 0.2) is 24.3 Å². The summed E-state index contributed by atoms with van der Waals surface area (Å²) >= 11 is 0. The molecule has 0 saturated carbocycles. The minimum atomic E-state index is -4.61. The molecule has 2 aliphatic heterocycles. The van der Waals surface area contributed by atoms with Crippen molar-refractivity contribution in [3.8, 4) is 0 Å². The molecule has 31 heavy (non-hydrogen) atoms. The number of fused-ring (bicyclic) bond motifs is 2. The lowest BCUT2D eigenvalue weighted by molar-refractivity contribution is -0.141. The molecule has 3 heterocycles. The lowest BCUT2D eigenvalue weighted by atomic mass is 9.81. The van der Waals surface area contributed by atoms with E-state index in [0.717, 1.165) is 18.2 Å². The number of benzene rings is 1. The highest BCUT2D eigenvalue weighted by Crippen LogP contribution is 2.44. The molecule has 2 aromatic rings. The van der Waals surface area contributed by atoms with E-state index in [1.54, 1.807) is 19.0 Å². The smallest absolute Gasteiger partial charge is 0.389 e. The summed E-state index contributed by atoms with van der Waals surface area (Å²) in [5.41, 5.74) is -2.05. The Bertz CT molecular complexity index is 967. The van der Waals surface area contributed by atoms with Crippen LogP contribution >= 0.6 is 0 Å². The molecular formula is C21H23F5N4O. The van der Waals surface area contributed by atoms with Crippen LogP contribution in [0.25, 0.3) is 0 Å². The van der Waals surface area contributed by atoms with E-state index in [-0.39, 0.29) is 48.7 Å². The van der Waals surface area contributed by atoms with Crippen molar-refractivity contribution in [1.29, 1.82) is 0 Å². The zero-order chi connectivity index (χ0) is 22.6. The van der Waals surface area contributed by atoms with Gasteiger partial charge in [0.05, 0.1) is 5.60 Å². The maximum absolute atomic E-state index is 14.1. The number of hydrogen-bond acceptors (Lipinski definition) is 5. The van der Waals surface area contributed by atoms with Crippen molar-refractivity contribution in [3.05, 3.63) is 47.2 Å². The van der Waals surface area contributed by atoms with E-state index in [4.69, 9.17) is 0 Å². The van der Waals surface area contributed by atoms with Gasteiger partial charge in [0.2, 0.25) is 5.95 Å². The summed E-state index contributed by atoms with van der Waals surface area (Å²) in [7, 11) is 3.21. The van der Waals surface area contributed by atoms with Gasteiger partial charge in [-0.05, 0) is 37.3 Å². The van der Waals surface area contributed by atoms with E-state index in [1.807, 2.05) is 0 Å². The standard InChI is InChI=1S/C21H23F5N4O/c1-29(2)18-8-17(21(24,25)26)27-19(28-18)30-14-5-6-15(30)11-20(31,10-14)9-12-3-4-13(22)7-16(12)23/h3-4,7-8,14-15,31H,5-6,9-11H2,1-2H3. The van der Waals surface area contributed by atoms with Gasteiger partial charge in [-0.25, -0.2) is 13.8 Å². The number of halogens is 5. The topological polar surface area (TPSA) is 52.5 Å². The van der Waals surface area contributed by atoms with Gasteiger partial charge in [-0.2, -0.15) is 18.2 Å². The third-order valence-electron chi connectivity index (χ3n) is 6.07. The third kappa shape index (κ3) is 4.30. The maximum atomic E-state index is 14.1. The first-order valence-electron chi connectivity index (χ1n) is 10.0. The normalized spacial score (nSPS) is 25.7. The highest BCUT2D eigenvalue weighted by molar-refractivity contribution is 5.48. The molecule has 2 fully saturated rings. The zero-order valence-corrected chi connectivity index (χ0v) is 17.1. The minimum Gasteiger partial charge on any atom is -0.389 e. The van der Waals surface area contributed by atoms with Crippen molar-refractivity contribution in [3.63, 3.8) is 0 Å². The Kier molecular flexibility index (Phi) is 5.31. The van der Waals surface area contributed by atoms with Crippen molar-refractivity contribution in [2.45, 2.75) is 56.0 Å². The van der Waals surface area contributed by atoms with E-state index in [1.165, 1.54) is 11.0 Å². The van der Waals surface area contributed by atoms with Gasteiger partial charge in [-0.3, -0.25) is 0 Å². The average molecular weight is 442 g/mol. The summed E-state index contributed by atoms with van der Waals surface area (Å²) in [6, 6.07) is 3.60. The molecule has 0 radical (unpaired) electrons. The van der Waals surface area contributed by atoms with Gasteiger partial charge >= 0.3 is 6.18 Å². The molecule has 2 unspecified atom stereocenters. The van der Waals surface area contributed by atoms with Crippen LogP contribution in [0.3, 0.4) is 0 Å². The van der Waals surface area contributed by atoms with Crippen LogP contribution in [0, 0.1) is 11.6 Å². The van der Waals surface area contributed by atoms with E-state index in [9.17, 15) is 27.1 Å². The highest BCUT2D eigenvalue weighted by Gasteiger charge is 2.49. The predicted octanol–water partition coefficient (Wildman–Crippen LogP) is 3.94. The Labute approximate surface area is 176 Å². The van der Waals surface area contributed by atoms with Crippen LogP contribution in [0.4, 0.5) is 33.7 Å². The molecule has 1 aromatic heterocycles. The number of rotatable bonds is 4. The number of nitrogens with zero attached hydrogens (tertiary/aromatic N) is 4. The van der Waals surface area contributed by atoms with Gasteiger partial charge in [0.25, 0.3) is 0 Å². The minimum absolute atomic E-state index is 0.00630. The molecule has 10 heteroatoms. The van der Waals surface area contributed by atoms with Gasteiger partial charge in [-0.15, -0.1) is 0 Å². The SMILES string of the molecule is CN(C)c1cc(C(F)(F)F)nc(N2C3CCC2CC(O)(Cc2ccc(F)cc2F)C3)n1. The van der Waals surface area contributed by atoms with Gasteiger partial charge in [-0.1, -0.05) is 6.07 Å². The van der Waals surface area contributed by atoms with Gasteiger partial charge in [0.1, 0.15) is 17.5 Å². The van der Waals surface area contributed by atoms with E-state index >= 15 is 0 Å². The Balaban J connectivity index is 1.62. The van der Waals surface area contributed by atoms with Crippen molar-refractivity contribution < 1.29 is 27.1 Å². The summed E-state index contributed by atoms with van der Waals surface area (Å²) in [6.07, 6.45) is -2.82. The summed E-state index contributed by atoms with van der Waals surface area (Å²) in [5.74, 6) is -1.28. The fourth-order valence-electron chi connectivity index (χ4n) is 4.72. The fraction of sp³-hybridized carbons (Fsp3) is 0.524. The quantitative estimate of drug-likeness (QED) is 0.727. The van der Waals surface area contributed by atoms with Crippen LogP contribution in [0.1, 0.15) is 36.9 Å². The van der Waals surface area contributed by atoms with Crippen molar-refractivity contribution in [2.75, 3.05) is 23.9 Å².